The molecule has 17 heavy (non-hydrogen) atoms. The Hall–Kier alpha value is -1.03. The summed E-state index contributed by atoms with van der Waals surface area (Å²) in [6.45, 7) is 5.41. The van der Waals surface area contributed by atoms with Gasteiger partial charge in [0.05, 0.1) is 5.56 Å². The molecule has 1 saturated heterocycles. The molecule has 0 radical (unpaired) electrons. The highest BCUT2D eigenvalue weighted by Crippen LogP contribution is 2.31. The Balaban J connectivity index is 2.35. The van der Waals surface area contributed by atoms with Crippen LogP contribution < -0.4 is 4.90 Å². The molecule has 92 valence electrons. The van der Waals surface area contributed by atoms with Crippen molar-refractivity contribution in [3.8, 4) is 0 Å². The maximum atomic E-state index is 11.0. The van der Waals surface area contributed by atoms with Gasteiger partial charge in [-0.2, -0.15) is 0 Å². The van der Waals surface area contributed by atoms with Crippen LogP contribution in [0.2, 0.25) is 0 Å². The molecule has 0 amide bonds. The van der Waals surface area contributed by atoms with E-state index in [2.05, 4.69) is 34.7 Å². The van der Waals surface area contributed by atoms with E-state index in [-0.39, 0.29) is 0 Å². The van der Waals surface area contributed by atoms with E-state index in [0.29, 0.717) is 17.5 Å². The largest absolute Gasteiger partial charge is 0.478 e. The lowest BCUT2D eigenvalue weighted by Crippen LogP contribution is -2.26. The molecular formula is C13H16BrNO2. The molecule has 0 aliphatic carbocycles. The zero-order valence-electron chi connectivity index (χ0n) is 9.98. The molecule has 1 aromatic carbocycles. The molecule has 1 N–H and O–H groups in total. The molecule has 1 heterocycles. The molecule has 1 aromatic rings. The fourth-order valence-corrected chi connectivity index (χ4v) is 3.00. The fraction of sp³-hybridized carbons (Fsp3) is 0.462. The monoisotopic (exact) mass is 297 g/mol. The highest BCUT2D eigenvalue weighted by molar-refractivity contribution is 9.10. The smallest absolute Gasteiger partial charge is 0.335 e. The van der Waals surface area contributed by atoms with Crippen LogP contribution >= 0.6 is 15.9 Å². The zero-order valence-corrected chi connectivity index (χ0v) is 11.6. The lowest BCUT2D eigenvalue weighted by atomic mass is 10.1. The number of halogens is 1. The summed E-state index contributed by atoms with van der Waals surface area (Å²) in [7, 11) is 0. The standard InChI is InChI=1S/C13H16BrNO2/c1-8-3-9(2)15(7-8)12-5-10(13(16)17)4-11(14)6-12/h4-6,8-9H,3,7H2,1-2H3,(H,16,17). The molecule has 0 saturated carbocycles. The Morgan fingerprint density at radius 1 is 1.41 bits per heavy atom. The number of anilines is 1. The first-order valence-corrected chi connectivity index (χ1v) is 6.57. The van der Waals surface area contributed by atoms with Crippen molar-refractivity contribution in [2.24, 2.45) is 5.92 Å². The molecule has 0 spiro atoms. The van der Waals surface area contributed by atoms with Crippen LogP contribution in [-0.4, -0.2) is 23.7 Å². The number of carbonyl (C=O) groups is 1. The third kappa shape index (κ3) is 2.63. The maximum absolute atomic E-state index is 11.0. The Kier molecular flexibility index (Phi) is 3.43. The second-order valence-electron chi connectivity index (χ2n) is 4.85. The molecule has 3 nitrogen and oxygen atoms in total. The second-order valence-corrected chi connectivity index (χ2v) is 5.76. The summed E-state index contributed by atoms with van der Waals surface area (Å²) in [5, 5.41) is 9.06. The molecule has 2 unspecified atom stereocenters. The normalized spacial score (nSPS) is 24.1. The van der Waals surface area contributed by atoms with Crippen LogP contribution in [0, 0.1) is 5.92 Å². The Labute approximate surface area is 110 Å². The predicted molar refractivity (Wildman–Crippen MR) is 71.7 cm³/mol. The van der Waals surface area contributed by atoms with Gasteiger partial charge in [0.15, 0.2) is 0 Å². The zero-order chi connectivity index (χ0) is 12.6. The van der Waals surface area contributed by atoms with Gasteiger partial charge >= 0.3 is 5.97 Å². The van der Waals surface area contributed by atoms with E-state index in [1.807, 2.05) is 6.07 Å². The van der Waals surface area contributed by atoms with Crippen LogP contribution in [0.3, 0.4) is 0 Å². The van der Waals surface area contributed by atoms with E-state index in [9.17, 15) is 4.79 Å². The van der Waals surface area contributed by atoms with Gasteiger partial charge in [0.2, 0.25) is 0 Å². The van der Waals surface area contributed by atoms with Gasteiger partial charge in [0, 0.05) is 22.7 Å². The van der Waals surface area contributed by atoms with E-state index >= 15 is 0 Å². The van der Waals surface area contributed by atoms with E-state index < -0.39 is 5.97 Å². The lowest BCUT2D eigenvalue weighted by molar-refractivity contribution is 0.0697. The summed E-state index contributed by atoms with van der Waals surface area (Å²) in [5.41, 5.74) is 1.33. The summed E-state index contributed by atoms with van der Waals surface area (Å²) >= 11 is 3.37. The number of carboxylic acid groups (broad SMARTS) is 1. The van der Waals surface area contributed by atoms with Gasteiger partial charge in [0.25, 0.3) is 0 Å². The quantitative estimate of drug-likeness (QED) is 0.910. The molecule has 1 aliphatic heterocycles. The topological polar surface area (TPSA) is 40.5 Å². The van der Waals surface area contributed by atoms with Crippen molar-refractivity contribution in [3.05, 3.63) is 28.2 Å². The van der Waals surface area contributed by atoms with Crippen molar-refractivity contribution in [1.29, 1.82) is 0 Å². The van der Waals surface area contributed by atoms with Gasteiger partial charge in [-0.15, -0.1) is 0 Å². The molecule has 1 aliphatic rings. The number of benzene rings is 1. The van der Waals surface area contributed by atoms with E-state index in [0.717, 1.165) is 23.1 Å². The highest BCUT2D eigenvalue weighted by Gasteiger charge is 2.26. The van der Waals surface area contributed by atoms with Crippen molar-refractivity contribution >= 4 is 27.6 Å². The molecule has 2 rings (SSSR count). The van der Waals surface area contributed by atoms with Crippen molar-refractivity contribution in [2.75, 3.05) is 11.4 Å². The summed E-state index contributed by atoms with van der Waals surface area (Å²) in [6.07, 6.45) is 1.16. The first-order chi connectivity index (χ1) is 7.97. The molecule has 4 heteroatoms. The average Bonchev–Trinajstić information content (AvgIpc) is 2.57. The molecular weight excluding hydrogens is 282 g/mol. The third-order valence-corrected chi connectivity index (χ3v) is 3.70. The number of hydrogen-bond donors (Lipinski definition) is 1. The molecule has 0 bridgehead atoms. The summed E-state index contributed by atoms with van der Waals surface area (Å²) in [6, 6.07) is 5.85. The van der Waals surface area contributed by atoms with Crippen LogP contribution in [0.1, 0.15) is 30.6 Å². The molecule has 0 aromatic heterocycles. The van der Waals surface area contributed by atoms with Gasteiger partial charge in [-0.05, 0) is 37.5 Å². The third-order valence-electron chi connectivity index (χ3n) is 3.25. The first-order valence-electron chi connectivity index (χ1n) is 5.78. The SMILES string of the molecule is CC1CC(C)N(c2cc(Br)cc(C(=O)O)c2)C1. The number of aromatic carboxylic acids is 1. The van der Waals surface area contributed by atoms with Gasteiger partial charge in [-0.1, -0.05) is 22.9 Å². The maximum Gasteiger partial charge on any atom is 0.335 e. The number of nitrogens with zero attached hydrogens (tertiary/aromatic N) is 1. The number of rotatable bonds is 2. The molecule has 2 atom stereocenters. The summed E-state index contributed by atoms with van der Waals surface area (Å²) in [5.74, 6) is -0.218. The van der Waals surface area contributed by atoms with Crippen LogP contribution in [0.15, 0.2) is 22.7 Å². The van der Waals surface area contributed by atoms with Crippen LogP contribution in [-0.2, 0) is 0 Å². The van der Waals surface area contributed by atoms with Crippen molar-refractivity contribution < 1.29 is 9.90 Å². The van der Waals surface area contributed by atoms with Gasteiger partial charge in [-0.3, -0.25) is 0 Å². The Bertz CT molecular complexity index is 447. The van der Waals surface area contributed by atoms with Crippen LogP contribution in [0.25, 0.3) is 0 Å². The minimum Gasteiger partial charge on any atom is -0.478 e. The number of hydrogen-bond acceptors (Lipinski definition) is 2. The fourth-order valence-electron chi connectivity index (χ4n) is 2.52. The first kappa shape index (κ1) is 12.4. The Morgan fingerprint density at radius 2 is 2.12 bits per heavy atom. The lowest BCUT2D eigenvalue weighted by Gasteiger charge is -2.24. The van der Waals surface area contributed by atoms with Gasteiger partial charge in [0.1, 0.15) is 0 Å². The molecule has 1 fully saturated rings. The van der Waals surface area contributed by atoms with Gasteiger partial charge in [-0.25, -0.2) is 4.79 Å². The van der Waals surface area contributed by atoms with Crippen molar-refractivity contribution in [1.82, 2.24) is 0 Å². The van der Waals surface area contributed by atoms with Crippen LogP contribution in [0.4, 0.5) is 5.69 Å². The van der Waals surface area contributed by atoms with Crippen molar-refractivity contribution in [2.45, 2.75) is 26.3 Å². The Morgan fingerprint density at radius 3 is 2.65 bits per heavy atom. The highest BCUT2D eigenvalue weighted by atomic mass is 79.9. The number of carboxylic acids is 1. The predicted octanol–water partition coefficient (Wildman–Crippen LogP) is 3.38. The van der Waals surface area contributed by atoms with E-state index in [1.54, 1.807) is 12.1 Å². The second kappa shape index (κ2) is 4.69. The summed E-state index contributed by atoms with van der Waals surface area (Å²) < 4.78 is 0.819. The minimum atomic E-state index is -0.882. The van der Waals surface area contributed by atoms with E-state index in [1.165, 1.54) is 0 Å². The van der Waals surface area contributed by atoms with E-state index in [4.69, 9.17) is 5.11 Å². The van der Waals surface area contributed by atoms with Crippen LogP contribution in [0.5, 0.6) is 0 Å². The minimum absolute atomic E-state index is 0.334. The van der Waals surface area contributed by atoms with Gasteiger partial charge < -0.3 is 10.0 Å². The average molecular weight is 298 g/mol. The van der Waals surface area contributed by atoms with Crippen molar-refractivity contribution in [3.63, 3.8) is 0 Å². The summed E-state index contributed by atoms with van der Waals surface area (Å²) in [4.78, 5) is 13.3.